The highest BCUT2D eigenvalue weighted by Gasteiger charge is 2.70. The Morgan fingerprint density at radius 3 is 2.76 bits per heavy atom. The van der Waals surface area contributed by atoms with Gasteiger partial charge < -0.3 is 15.5 Å². The lowest BCUT2D eigenvalue weighted by atomic mass is 10.2. The molecule has 2 aromatic heterocycles. The first-order valence-electron chi connectivity index (χ1n) is 9.42. The van der Waals surface area contributed by atoms with Crippen molar-refractivity contribution in [1.29, 1.82) is 0 Å². The molecule has 2 aliphatic carbocycles. The number of amides is 1. The Morgan fingerprint density at radius 1 is 1.34 bits per heavy atom. The maximum atomic E-state index is 14.4. The smallest absolute Gasteiger partial charge is 0.260 e. The van der Waals surface area contributed by atoms with Gasteiger partial charge in [-0.05, 0) is 5.92 Å². The summed E-state index contributed by atoms with van der Waals surface area (Å²) in [6.45, 7) is 2.78. The van der Waals surface area contributed by atoms with Crippen molar-refractivity contribution in [2.24, 2.45) is 24.8 Å². The van der Waals surface area contributed by atoms with Crippen LogP contribution in [0.2, 0.25) is 0 Å². The van der Waals surface area contributed by atoms with Gasteiger partial charge in [0.15, 0.2) is 11.6 Å². The van der Waals surface area contributed by atoms with Gasteiger partial charge in [-0.3, -0.25) is 9.48 Å². The van der Waals surface area contributed by atoms with Crippen molar-refractivity contribution in [3.63, 3.8) is 0 Å². The highest BCUT2D eigenvalue weighted by atomic mass is 19.3. The maximum absolute atomic E-state index is 14.4. The number of alkyl halides is 2. The summed E-state index contributed by atoms with van der Waals surface area (Å²) in [6.07, 6.45) is 4.01. The second kappa shape index (κ2) is 5.83. The number of aryl methyl sites for hydroxylation is 1. The summed E-state index contributed by atoms with van der Waals surface area (Å²) in [5, 5.41) is 9.83. The van der Waals surface area contributed by atoms with E-state index in [0.29, 0.717) is 18.8 Å². The number of carbonyl (C=O) groups is 1. The van der Waals surface area contributed by atoms with Crippen molar-refractivity contribution >= 4 is 23.4 Å². The van der Waals surface area contributed by atoms with Gasteiger partial charge in [0.05, 0.1) is 23.6 Å². The molecule has 1 aliphatic heterocycles. The van der Waals surface area contributed by atoms with Crippen LogP contribution in [0.3, 0.4) is 0 Å². The first-order valence-corrected chi connectivity index (χ1v) is 9.42. The van der Waals surface area contributed by atoms with Crippen molar-refractivity contribution < 1.29 is 18.0 Å². The summed E-state index contributed by atoms with van der Waals surface area (Å²) in [5.41, 5.74) is 0.0569. The highest BCUT2D eigenvalue weighted by Crippen LogP contribution is 2.57. The van der Waals surface area contributed by atoms with Crippen molar-refractivity contribution in [3.05, 3.63) is 24.4 Å². The Bertz CT molecular complexity index is 996. The summed E-state index contributed by atoms with van der Waals surface area (Å²) >= 11 is 0. The Kier molecular flexibility index (Phi) is 3.66. The van der Waals surface area contributed by atoms with E-state index < -0.39 is 35.5 Å². The molecule has 0 spiro atoms. The third-order valence-corrected chi connectivity index (χ3v) is 6.32. The van der Waals surface area contributed by atoms with E-state index in [-0.39, 0.29) is 23.6 Å². The van der Waals surface area contributed by atoms with Crippen LogP contribution in [-0.2, 0) is 11.8 Å². The molecular formula is C18H20F3N7O. The van der Waals surface area contributed by atoms with Crippen LogP contribution in [-0.4, -0.2) is 50.2 Å². The standard InChI is InChI=1S/C18H20F3N7O/c1-9-12-7-28(8-17(9,12)26-15(29)11-3-18(11,20)21)14-13(19)5-22-16(25-14)24-10-4-23-27(2)6-10/h4-6,9,11-12H,3,7-8H2,1-2H3,(H,26,29)(H,22,24,25)/t9?,11-,12+,17+/m0/s1. The third-order valence-electron chi connectivity index (χ3n) is 6.32. The van der Waals surface area contributed by atoms with Gasteiger partial charge >= 0.3 is 0 Å². The molecule has 154 valence electrons. The molecule has 1 amide bonds. The molecule has 0 aromatic carbocycles. The largest absolute Gasteiger partial charge is 0.351 e. The molecule has 3 aliphatic rings. The predicted molar refractivity (Wildman–Crippen MR) is 97.3 cm³/mol. The number of rotatable bonds is 5. The van der Waals surface area contributed by atoms with Crippen LogP contribution in [0.4, 0.5) is 30.6 Å². The average Bonchev–Trinajstić information content (AvgIpc) is 3.24. The van der Waals surface area contributed by atoms with Gasteiger partial charge in [0.2, 0.25) is 11.9 Å². The molecule has 1 unspecified atom stereocenters. The Hall–Kier alpha value is -2.85. The van der Waals surface area contributed by atoms with Gasteiger partial charge in [-0.15, -0.1) is 0 Å². The van der Waals surface area contributed by atoms with Gasteiger partial charge in [0, 0.05) is 38.7 Å². The topological polar surface area (TPSA) is 88.0 Å². The van der Waals surface area contributed by atoms with E-state index in [2.05, 4.69) is 25.7 Å². The number of hydrogen-bond acceptors (Lipinski definition) is 6. The molecule has 8 nitrogen and oxygen atoms in total. The monoisotopic (exact) mass is 407 g/mol. The fraction of sp³-hybridized carbons (Fsp3) is 0.556. The number of anilines is 3. The summed E-state index contributed by atoms with van der Waals surface area (Å²) in [4.78, 5) is 22.2. The van der Waals surface area contributed by atoms with E-state index in [1.165, 1.54) is 0 Å². The average molecular weight is 407 g/mol. The lowest BCUT2D eigenvalue weighted by Gasteiger charge is -2.25. The third kappa shape index (κ3) is 2.90. The number of nitrogens with zero attached hydrogens (tertiary/aromatic N) is 5. The van der Waals surface area contributed by atoms with Gasteiger partial charge in [-0.1, -0.05) is 6.92 Å². The van der Waals surface area contributed by atoms with Crippen molar-refractivity contribution in [3.8, 4) is 0 Å². The van der Waals surface area contributed by atoms with Gasteiger partial charge in [0.1, 0.15) is 5.92 Å². The number of nitrogens with one attached hydrogen (secondary N) is 2. The molecule has 1 saturated heterocycles. The minimum Gasteiger partial charge on any atom is -0.351 e. The lowest BCUT2D eigenvalue weighted by Crippen LogP contribution is -2.45. The van der Waals surface area contributed by atoms with Gasteiger partial charge in [-0.25, -0.2) is 18.2 Å². The van der Waals surface area contributed by atoms with E-state index in [1.54, 1.807) is 29.0 Å². The molecule has 4 atom stereocenters. The fourth-order valence-corrected chi connectivity index (χ4v) is 4.40. The number of halogens is 3. The van der Waals surface area contributed by atoms with Crippen molar-refractivity contribution in [1.82, 2.24) is 25.1 Å². The maximum Gasteiger partial charge on any atom is 0.260 e. The fourth-order valence-electron chi connectivity index (χ4n) is 4.40. The van der Waals surface area contributed by atoms with Crippen LogP contribution in [0.15, 0.2) is 18.6 Å². The molecule has 2 N–H and O–H groups in total. The molecule has 0 bridgehead atoms. The molecular weight excluding hydrogens is 387 g/mol. The normalized spacial score (nSPS) is 31.3. The molecule has 2 saturated carbocycles. The number of hydrogen-bond donors (Lipinski definition) is 2. The Labute approximate surface area is 164 Å². The highest BCUT2D eigenvalue weighted by molar-refractivity contribution is 5.84. The zero-order chi connectivity index (χ0) is 20.6. The Morgan fingerprint density at radius 2 is 2.10 bits per heavy atom. The second-order valence-electron chi connectivity index (χ2n) is 8.22. The lowest BCUT2D eigenvalue weighted by molar-refractivity contribution is -0.125. The van der Waals surface area contributed by atoms with E-state index in [4.69, 9.17) is 0 Å². The van der Waals surface area contributed by atoms with Crippen LogP contribution in [0.1, 0.15) is 13.3 Å². The minimum absolute atomic E-state index is 0.0721. The molecule has 2 aromatic rings. The van der Waals surface area contributed by atoms with E-state index in [1.807, 2.05) is 6.92 Å². The summed E-state index contributed by atoms with van der Waals surface area (Å²) in [6, 6.07) is 0. The van der Waals surface area contributed by atoms with Crippen LogP contribution in [0, 0.1) is 23.6 Å². The first kappa shape index (κ1) is 18.2. The second-order valence-corrected chi connectivity index (χ2v) is 8.22. The molecule has 29 heavy (non-hydrogen) atoms. The van der Waals surface area contributed by atoms with E-state index >= 15 is 0 Å². The van der Waals surface area contributed by atoms with Gasteiger partial charge in [0.25, 0.3) is 5.92 Å². The summed E-state index contributed by atoms with van der Waals surface area (Å²) < 4.78 is 42.5. The van der Waals surface area contributed by atoms with Crippen molar-refractivity contribution in [2.45, 2.75) is 24.8 Å². The molecule has 0 radical (unpaired) electrons. The number of carbonyl (C=O) groups excluding carboxylic acids is 1. The van der Waals surface area contributed by atoms with Crippen LogP contribution >= 0.6 is 0 Å². The molecule has 3 fully saturated rings. The number of aromatic nitrogens is 4. The van der Waals surface area contributed by atoms with Gasteiger partial charge in [-0.2, -0.15) is 10.1 Å². The zero-order valence-electron chi connectivity index (χ0n) is 15.9. The molecule has 11 heteroatoms. The van der Waals surface area contributed by atoms with E-state index in [0.717, 1.165) is 6.20 Å². The molecule has 3 heterocycles. The van der Waals surface area contributed by atoms with Crippen LogP contribution in [0.5, 0.6) is 0 Å². The zero-order valence-corrected chi connectivity index (χ0v) is 15.9. The number of fused-ring (bicyclic) bond motifs is 1. The van der Waals surface area contributed by atoms with Crippen LogP contribution in [0.25, 0.3) is 0 Å². The SMILES string of the molecule is CC1[C@H]2CN(c3nc(Nc4cnn(C)c4)ncc3F)C[C@@]12NC(=O)[C@@H]1CC1(F)F. The van der Waals surface area contributed by atoms with Crippen LogP contribution < -0.4 is 15.5 Å². The molecule has 5 rings (SSSR count). The minimum atomic E-state index is -2.90. The van der Waals surface area contributed by atoms with Crippen molar-refractivity contribution in [2.75, 3.05) is 23.3 Å². The van der Waals surface area contributed by atoms with E-state index in [9.17, 15) is 18.0 Å². The summed E-state index contributed by atoms with van der Waals surface area (Å²) in [7, 11) is 1.77. The Balaban J connectivity index is 1.32. The summed E-state index contributed by atoms with van der Waals surface area (Å²) in [5.74, 6) is -4.78. The quantitative estimate of drug-likeness (QED) is 0.784. The number of piperidine rings is 1. The first-order chi connectivity index (χ1) is 13.7. The predicted octanol–water partition coefficient (Wildman–Crippen LogP) is 1.69.